The summed E-state index contributed by atoms with van der Waals surface area (Å²) >= 11 is 0. The third kappa shape index (κ3) is 7.03. The second-order valence-electron chi connectivity index (χ2n) is 6.36. The first kappa shape index (κ1) is 21.4. The normalized spacial score (nSPS) is 12.1. The number of benzene rings is 2. The summed E-state index contributed by atoms with van der Waals surface area (Å²) in [5.74, 6) is -0.257. The molecule has 0 aliphatic rings. The highest BCUT2D eigenvalue weighted by Gasteiger charge is 2.19. The maximum Gasteiger partial charge on any atom is 0.309 e. The highest BCUT2D eigenvalue weighted by Crippen LogP contribution is 2.14. The number of ketones is 1. The molecule has 0 fully saturated rings. The molecule has 0 aromatic heterocycles. The van der Waals surface area contributed by atoms with Gasteiger partial charge in [0.2, 0.25) is 15.8 Å². The Kier molecular flexibility index (Phi) is 7.17. The van der Waals surface area contributed by atoms with E-state index in [4.69, 9.17) is 9.47 Å². The monoisotopic (exact) mass is 405 g/mol. The number of ether oxygens (including phenoxy) is 2. The topological polar surface area (TPSA) is 98.8 Å². The first-order valence-corrected chi connectivity index (χ1v) is 10.5. The minimum atomic E-state index is -3.39. The Morgan fingerprint density at radius 3 is 2.21 bits per heavy atom. The summed E-state index contributed by atoms with van der Waals surface area (Å²) in [7, 11) is -3.39. The van der Waals surface area contributed by atoms with Gasteiger partial charge in [0.25, 0.3) is 0 Å². The molecule has 2 aromatic rings. The van der Waals surface area contributed by atoms with Crippen LogP contribution in [-0.2, 0) is 19.6 Å². The molecule has 1 atom stereocenters. The first-order chi connectivity index (χ1) is 13.1. The van der Waals surface area contributed by atoms with Crippen LogP contribution in [0, 0.1) is 6.92 Å². The minimum absolute atomic E-state index is 0.0166. The fourth-order valence-corrected chi connectivity index (χ4v) is 2.91. The molecule has 0 saturated heterocycles. The van der Waals surface area contributed by atoms with Gasteiger partial charge in [0, 0.05) is 11.3 Å². The second kappa shape index (κ2) is 9.36. The Hall–Kier alpha value is -2.87. The van der Waals surface area contributed by atoms with E-state index in [1.54, 1.807) is 0 Å². The van der Waals surface area contributed by atoms with E-state index < -0.39 is 22.1 Å². The van der Waals surface area contributed by atoms with E-state index in [1.807, 2.05) is 31.2 Å². The van der Waals surface area contributed by atoms with Crippen molar-refractivity contribution in [3.05, 3.63) is 59.7 Å². The van der Waals surface area contributed by atoms with E-state index in [0.29, 0.717) is 17.0 Å². The van der Waals surface area contributed by atoms with Crippen LogP contribution < -0.4 is 9.46 Å². The molecule has 0 unspecified atom stereocenters. The van der Waals surface area contributed by atoms with E-state index in [2.05, 4.69) is 4.72 Å². The summed E-state index contributed by atoms with van der Waals surface area (Å²) in [6.07, 6.45) is 0.0966. The van der Waals surface area contributed by atoms with Crippen LogP contribution in [0.4, 0.5) is 5.69 Å². The number of rotatable bonds is 9. The van der Waals surface area contributed by atoms with Gasteiger partial charge in [0.1, 0.15) is 5.75 Å². The number of nitrogens with one attached hydrogen (secondary N) is 1. The fourth-order valence-electron chi connectivity index (χ4n) is 2.35. The van der Waals surface area contributed by atoms with Crippen molar-refractivity contribution in [1.29, 1.82) is 0 Å². The van der Waals surface area contributed by atoms with Crippen LogP contribution in [0.3, 0.4) is 0 Å². The van der Waals surface area contributed by atoms with E-state index >= 15 is 0 Å². The maximum atomic E-state index is 12.4. The number of esters is 1. The molecule has 0 aliphatic carbocycles. The first-order valence-electron chi connectivity index (χ1n) is 8.65. The van der Waals surface area contributed by atoms with Gasteiger partial charge in [-0.15, -0.1) is 0 Å². The summed E-state index contributed by atoms with van der Waals surface area (Å²) in [6, 6.07) is 13.3. The molecule has 28 heavy (non-hydrogen) atoms. The predicted molar refractivity (Wildman–Crippen MR) is 106 cm³/mol. The number of hydrogen-bond donors (Lipinski definition) is 1. The lowest BCUT2D eigenvalue weighted by Gasteiger charge is -2.13. The summed E-state index contributed by atoms with van der Waals surface area (Å²) in [5.41, 5.74) is 1.77. The molecule has 0 spiro atoms. The zero-order valence-electron chi connectivity index (χ0n) is 16.0. The van der Waals surface area contributed by atoms with Gasteiger partial charge in [-0.1, -0.05) is 17.7 Å². The molecule has 0 radical (unpaired) electrons. The molecular formula is C20H23NO6S. The lowest BCUT2D eigenvalue weighted by Crippen LogP contribution is -2.25. The number of sulfonamides is 1. The van der Waals surface area contributed by atoms with E-state index in [0.717, 1.165) is 11.8 Å². The van der Waals surface area contributed by atoms with Crippen LogP contribution in [0.25, 0.3) is 0 Å². The van der Waals surface area contributed by atoms with Crippen LogP contribution in [0.5, 0.6) is 5.75 Å². The van der Waals surface area contributed by atoms with Crippen molar-refractivity contribution in [3.8, 4) is 5.75 Å². The molecule has 1 N–H and O–H groups in total. The zero-order chi connectivity index (χ0) is 20.7. The molecule has 0 saturated carbocycles. The zero-order valence-corrected chi connectivity index (χ0v) is 16.8. The van der Waals surface area contributed by atoms with Crippen LogP contribution in [0.2, 0.25) is 0 Å². The molecule has 150 valence electrons. The smallest absolute Gasteiger partial charge is 0.309 e. The van der Waals surface area contributed by atoms with Crippen LogP contribution in [-0.4, -0.2) is 39.1 Å². The molecule has 7 nitrogen and oxygen atoms in total. The number of aryl methyl sites for hydroxylation is 1. The van der Waals surface area contributed by atoms with Gasteiger partial charge < -0.3 is 9.47 Å². The van der Waals surface area contributed by atoms with Gasteiger partial charge >= 0.3 is 5.97 Å². The summed E-state index contributed by atoms with van der Waals surface area (Å²) in [4.78, 5) is 24.3. The van der Waals surface area contributed by atoms with Gasteiger partial charge in [-0.25, -0.2) is 8.42 Å². The molecule has 2 aromatic carbocycles. The van der Waals surface area contributed by atoms with Crippen molar-refractivity contribution in [3.63, 3.8) is 0 Å². The Morgan fingerprint density at radius 2 is 1.64 bits per heavy atom. The quantitative estimate of drug-likeness (QED) is 0.509. The van der Waals surface area contributed by atoms with Crippen molar-refractivity contribution >= 4 is 27.5 Å². The Balaban J connectivity index is 1.82. The van der Waals surface area contributed by atoms with Gasteiger partial charge in [0.05, 0.1) is 19.3 Å². The van der Waals surface area contributed by atoms with Crippen molar-refractivity contribution in [2.75, 3.05) is 17.6 Å². The lowest BCUT2D eigenvalue weighted by atomic mass is 10.1. The third-order valence-corrected chi connectivity index (χ3v) is 4.35. The van der Waals surface area contributed by atoms with Crippen LogP contribution >= 0.6 is 0 Å². The molecule has 0 bridgehead atoms. The Morgan fingerprint density at radius 1 is 1.04 bits per heavy atom. The average Bonchev–Trinajstić information content (AvgIpc) is 2.62. The van der Waals surface area contributed by atoms with E-state index in [-0.39, 0.29) is 18.8 Å². The van der Waals surface area contributed by atoms with Crippen molar-refractivity contribution in [2.24, 2.45) is 0 Å². The van der Waals surface area contributed by atoms with Crippen LogP contribution in [0.15, 0.2) is 48.5 Å². The van der Waals surface area contributed by atoms with Crippen molar-refractivity contribution < 1.29 is 27.5 Å². The number of carbonyl (C=O) groups excluding carboxylic acids is 2. The van der Waals surface area contributed by atoms with Gasteiger partial charge in [-0.3, -0.25) is 14.3 Å². The fraction of sp³-hybridized carbons (Fsp3) is 0.300. The number of anilines is 1. The number of Topliss-reactive ketones (excluding diaryl/α,β-unsaturated/α-hetero) is 1. The molecule has 0 amide bonds. The number of hydrogen-bond acceptors (Lipinski definition) is 6. The standard InChI is InChI=1S/C20H23NO6S/c1-14-4-10-18(11-5-14)26-13-12-19(22)27-15(2)20(23)16-6-8-17(9-7-16)21-28(3,24)25/h4-11,15,21H,12-13H2,1-3H3/t15-/m0/s1. The number of carbonyl (C=O) groups is 2. The highest BCUT2D eigenvalue weighted by molar-refractivity contribution is 7.92. The average molecular weight is 405 g/mol. The second-order valence-corrected chi connectivity index (χ2v) is 8.11. The Labute approximate surface area is 164 Å². The minimum Gasteiger partial charge on any atom is -0.493 e. The molecule has 2 rings (SSSR count). The van der Waals surface area contributed by atoms with Crippen molar-refractivity contribution in [1.82, 2.24) is 0 Å². The van der Waals surface area contributed by atoms with Gasteiger partial charge in [-0.05, 0) is 50.2 Å². The van der Waals surface area contributed by atoms with Crippen LogP contribution in [0.1, 0.15) is 29.3 Å². The summed E-state index contributed by atoms with van der Waals surface area (Å²) in [5, 5.41) is 0. The van der Waals surface area contributed by atoms with E-state index in [1.165, 1.54) is 31.2 Å². The molecule has 0 aliphatic heterocycles. The molecule has 8 heteroatoms. The third-order valence-electron chi connectivity index (χ3n) is 3.75. The summed E-state index contributed by atoms with van der Waals surface area (Å²) < 4.78 is 35.3. The highest BCUT2D eigenvalue weighted by atomic mass is 32.2. The van der Waals surface area contributed by atoms with Crippen molar-refractivity contribution in [2.45, 2.75) is 26.4 Å². The summed E-state index contributed by atoms with van der Waals surface area (Å²) in [6.45, 7) is 3.60. The maximum absolute atomic E-state index is 12.4. The molecule has 0 heterocycles. The SMILES string of the molecule is Cc1ccc(OCCC(=O)O[C@@H](C)C(=O)c2ccc(NS(C)(=O)=O)cc2)cc1. The van der Waals surface area contributed by atoms with Gasteiger partial charge in [-0.2, -0.15) is 0 Å². The van der Waals surface area contributed by atoms with E-state index in [9.17, 15) is 18.0 Å². The Bertz CT molecular complexity index is 920. The van der Waals surface area contributed by atoms with Gasteiger partial charge in [0.15, 0.2) is 6.10 Å². The lowest BCUT2D eigenvalue weighted by molar-refractivity contribution is -0.146. The molecular weight excluding hydrogens is 382 g/mol. The largest absolute Gasteiger partial charge is 0.493 e. The predicted octanol–water partition coefficient (Wildman–Crippen LogP) is 2.95.